The minimum Gasteiger partial charge on any atom is -0.171 e. The zero-order chi connectivity index (χ0) is 11.4. The van der Waals surface area contributed by atoms with Crippen LogP contribution in [0.5, 0.6) is 0 Å². The molecule has 0 N–H and O–H groups in total. The van der Waals surface area contributed by atoms with E-state index in [1.807, 2.05) is 25.0 Å². The lowest BCUT2D eigenvalue weighted by Gasteiger charge is -2.12. The molecule has 0 unspecified atom stereocenters. The van der Waals surface area contributed by atoms with E-state index in [9.17, 15) is 0 Å². The van der Waals surface area contributed by atoms with Crippen LogP contribution in [-0.2, 0) is 0 Å². The van der Waals surface area contributed by atoms with Crippen molar-refractivity contribution in [3.8, 4) is 0 Å². The summed E-state index contributed by atoms with van der Waals surface area (Å²) >= 11 is 0. The second-order valence-corrected chi connectivity index (χ2v) is 3.82. The van der Waals surface area contributed by atoms with Crippen LogP contribution in [0, 0.1) is 12.8 Å². The summed E-state index contributed by atoms with van der Waals surface area (Å²) in [7, 11) is 0. The molecule has 0 aliphatic heterocycles. The molecule has 0 nitrogen and oxygen atoms in total. The van der Waals surface area contributed by atoms with Crippen LogP contribution in [0.25, 0.3) is 0 Å². The van der Waals surface area contributed by atoms with Gasteiger partial charge >= 0.3 is 0 Å². The van der Waals surface area contributed by atoms with E-state index in [0.29, 0.717) is 0 Å². The fourth-order valence-corrected chi connectivity index (χ4v) is 1.59. The molecule has 0 radical (unpaired) electrons. The van der Waals surface area contributed by atoms with Crippen molar-refractivity contribution >= 4 is 0 Å². The topological polar surface area (TPSA) is 0 Å². The van der Waals surface area contributed by atoms with E-state index in [1.54, 1.807) is 0 Å². The largest absolute Gasteiger partial charge is 0.171 e. The second-order valence-electron chi connectivity index (χ2n) is 3.82. The summed E-state index contributed by atoms with van der Waals surface area (Å²) in [5.41, 5.74) is 4.41. The Balaban J connectivity index is 2.10. The van der Waals surface area contributed by atoms with Gasteiger partial charge in [-0.15, -0.1) is 30.2 Å². The lowest BCUT2D eigenvalue weighted by Crippen LogP contribution is -1.87. The summed E-state index contributed by atoms with van der Waals surface area (Å²) in [4.78, 5) is 0. The molecule has 0 heteroatoms. The SMILES string of the molecule is C=C1C=C(/C=C/C2=CC(=C)[CH-]C=C2)C=C[CH+]1. The van der Waals surface area contributed by atoms with Crippen LogP contribution in [0.4, 0.5) is 0 Å². The molecule has 0 spiro atoms. The highest BCUT2D eigenvalue weighted by Gasteiger charge is 2.03. The molecule has 0 aromatic carbocycles. The van der Waals surface area contributed by atoms with Crippen molar-refractivity contribution < 1.29 is 0 Å². The van der Waals surface area contributed by atoms with Crippen LogP contribution in [0.3, 0.4) is 0 Å². The maximum atomic E-state index is 3.91. The first-order valence-electron chi connectivity index (χ1n) is 5.26. The van der Waals surface area contributed by atoms with E-state index < -0.39 is 0 Å². The highest BCUT2D eigenvalue weighted by Crippen LogP contribution is 2.17. The van der Waals surface area contributed by atoms with Gasteiger partial charge in [0, 0.05) is 24.6 Å². The van der Waals surface area contributed by atoms with Gasteiger partial charge in [0.25, 0.3) is 0 Å². The molecule has 0 saturated carbocycles. The van der Waals surface area contributed by atoms with E-state index in [2.05, 4.69) is 49.6 Å². The zero-order valence-electron chi connectivity index (χ0n) is 9.19. The maximum absolute atomic E-state index is 3.91. The maximum Gasteiger partial charge on any atom is 0.0893 e. The fourth-order valence-electron chi connectivity index (χ4n) is 1.59. The number of allylic oxidation sites excluding steroid dienone is 12. The highest BCUT2D eigenvalue weighted by atomic mass is 14.0. The Morgan fingerprint density at radius 1 is 1.06 bits per heavy atom. The van der Waals surface area contributed by atoms with Crippen LogP contribution < -0.4 is 0 Å². The average molecular weight is 206 g/mol. The Morgan fingerprint density at radius 3 is 2.50 bits per heavy atom. The van der Waals surface area contributed by atoms with Crippen LogP contribution in [-0.4, -0.2) is 0 Å². The van der Waals surface area contributed by atoms with Crippen LogP contribution in [0.2, 0.25) is 0 Å². The molecule has 0 bridgehead atoms. The van der Waals surface area contributed by atoms with Crippen LogP contribution in [0.1, 0.15) is 0 Å². The first-order chi connectivity index (χ1) is 7.74. The van der Waals surface area contributed by atoms with Crippen molar-refractivity contribution in [2.75, 3.05) is 0 Å². The van der Waals surface area contributed by atoms with Gasteiger partial charge in [-0.05, 0) is 12.7 Å². The first-order valence-corrected chi connectivity index (χ1v) is 5.26. The van der Waals surface area contributed by atoms with E-state index >= 15 is 0 Å². The zero-order valence-corrected chi connectivity index (χ0v) is 9.19. The summed E-state index contributed by atoms with van der Waals surface area (Å²) in [6.45, 7) is 7.81. The van der Waals surface area contributed by atoms with Crippen LogP contribution >= 0.6 is 0 Å². The summed E-state index contributed by atoms with van der Waals surface area (Å²) in [5.74, 6) is 0. The van der Waals surface area contributed by atoms with E-state index in [1.165, 1.54) is 11.1 Å². The summed E-state index contributed by atoms with van der Waals surface area (Å²) in [5, 5.41) is 0. The summed E-state index contributed by atoms with van der Waals surface area (Å²) in [6.07, 6.45) is 20.4. The fraction of sp³-hybridized carbons (Fsp3) is 0. The van der Waals surface area contributed by atoms with Crippen molar-refractivity contribution in [2.45, 2.75) is 0 Å². The second kappa shape index (κ2) is 4.63. The third kappa shape index (κ3) is 2.71. The Morgan fingerprint density at radius 2 is 1.81 bits per heavy atom. The lowest BCUT2D eigenvalue weighted by molar-refractivity contribution is 1.46. The minimum absolute atomic E-state index is 1.04. The Bertz CT molecular complexity index is 418. The molecule has 78 valence electrons. The van der Waals surface area contributed by atoms with Gasteiger partial charge in [0.2, 0.25) is 0 Å². The molecular weight excluding hydrogens is 192 g/mol. The number of hydrogen-bond acceptors (Lipinski definition) is 0. The van der Waals surface area contributed by atoms with E-state index in [-0.39, 0.29) is 0 Å². The highest BCUT2D eigenvalue weighted by molar-refractivity contribution is 5.51. The molecule has 2 rings (SSSR count). The molecule has 0 fully saturated rings. The Hall–Kier alpha value is -2.08. The minimum atomic E-state index is 1.04. The third-order valence-corrected chi connectivity index (χ3v) is 2.37. The van der Waals surface area contributed by atoms with Crippen molar-refractivity contribution in [3.05, 3.63) is 96.9 Å². The summed E-state index contributed by atoms with van der Waals surface area (Å²) in [6, 6.07) is 0. The average Bonchev–Trinajstić information content (AvgIpc) is 2.27. The number of hydrogen-bond donors (Lipinski definition) is 0. The molecule has 0 aromatic heterocycles. The molecule has 0 atom stereocenters. The third-order valence-electron chi connectivity index (χ3n) is 2.37. The first kappa shape index (κ1) is 10.4. The lowest BCUT2D eigenvalue weighted by atomic mass is 10.00. The summed E-state index contributed by atoms with van der Waals surface area (Å²) < 4.78 is 0. The molecule has 16 heavy (non-hydrogen) atoms. The Kier molecular flexibility index (Phi) is 3.02. The molecule has 2 aliphatic carbocycles. The number of rotatable bonds is 2. The van der Waals surface area contributed by atoms with Gasteiger partial charge in [0.15, 0.2) is 0 Å². The molecule has 0 heterocycles. The predicted octanol–water partition coefficient (Wildman–Crippen LogP) is 4.06. The van der Waals surface area contributed by atoms with Crippen LogP contribution in [0.15, 0.2) is 84.1 Å². The van der Waals surface area contributed by atoms with Gasteiger partial charge in [-0.2, -0.15) is 12.2 Å². The molecule has 0 amide bonds. The van der Waals surface area contributed by atoms with Crippen molar-refractivity contribution in [1.29, 1.82) is 0 Å². The molecule has 0 saturated heterocycles. The smallest absolute Gasteiger partial charge is 0.0893 e. The van der Waals surface area contributed by atoms with E-state index in [0.717, 1.165) is 11.1 Å². The Labute approximate surface area is 97.4 Å². The van der Waals surface area contributed by atoms with Gasteiger partial charge in [-0.3, -0.25) is 0 Å². The van der Waals surface area contributed by atoms with Gasteiger partial charge in [0.1, 0.15) is 0 Å². The molecular formula is C16H14. The normalized spacial score (nSPS) is 19.2. The van der Waals surface area contributed by atoms with Gasteiger partial charge in [-0.1, -0.05) is 6.08 Å². The van der Waals surface area contributed by atoms with E-state index in [4.69, 9.17) is 0 Å². The van der Waals surface area contributed by atoms with Crippen molar-refractivity contribution in [1.82, 2.24) is 0 Å². The van der Waals surface area contributed by atoms with Crippen molar-refractivity contribution in [3.63, 3.8) is 0 Å². The van der Waals surface area contributed by atoms with Gasteiger partial charge in [-0.25, -0.2) is 0 Å². The van der Waals surface area contributed by atoms with Gasteiger partial charge in [0.05, 0.1) is 11.1 Å². The van der Waals surface area contributed by atoms with Crippen molar-refractivity contribution in [2.24, 2.45) is 0 Å². The molecule has 0 aromatic rings. The monoisotopic (exact) mass is 206 g/mol. The quantitative estimate of drug-likeness (QED) is 0.598. The molecule has 2 aliphatic rings. The standard InChI is InChI=1S/C16H14/c1-13-5-3-7-15(11-13)9-10-16-8-4-6-14(2)12-16/h3-12H,1-2H2/b10-9+. The predicted molar refractivity (Wildman–Crippen MR) is 70.5 cm³/mol. The van der Waals surface area contributed by atoms with Gasteiger partial charge < -0.3 is 0 Å².